The van der Waals surface area contributed by atoms with Gasteiger partial charge in [-0.25, -0.2) is 14.8 Å². The largest absolute Gasteiger partial charge is 0.479 e. The number of fused-ring (bicyclic) bond motifs is 1. The second-order valence-corrected chi connectivity index (χ2v) is 5.63. The Bertz CT molecular complexity index is 899. The molecule has 1 heterocycles. The van der Waals surface area contributed by atoms with Crippen molar-refractivity contribution < 1.29 is 19.0 Å². The highest BCUT2D eigenvalue weighted by Gasteiger charge is 2.14. The fourth-order valence-corrected chi connectivity index (χ4v) is 2.31. The van der Waals surface area contributed by atoms with Crippen LogP contribution < -0.4 is 9.47 Å². The third-order valence-corrected chi connectivity index (χ3v) is 3.61. The third-order valence-electron chi connectivity index (χ3n) is 3.37. The summed E-state index contributed by atoms with van der Waals surface area (Å²) in [4.78, 5) is 20.0. The number of benzene rings is 2. The topological polar surface area (TPSA) is 70.5 Å². The molecule has 0 unspecified atom stereocenters. The number of hydrogen-bond acceptors (Lipinski definition) is 6. The number of methoxy groups -OCH3 is 1. The maximum Gasteiger partial charge on any atom is 0.346 e. The number of esters is 1. The zero-order valence-corrected chi connectivity index (χ0v) is 14.4. The second-order valence-electron chi connectivity index (χ2n) is 5.20. The van der Waals surface area contributed by atoms with Crippen LogP contribution in [0.2, 0.25) is 5.02 Å². The lowest BCUT2D eigenvalue weighted by molar-refractivity contribution is -0.147. The second kappa shape index (κ2) is 7.36. The van der Waals surface area contributed by atoms with E-state index in [9.17, 15) is 4.79 Å². The van der Waals surface area contributed by atoms with Crippen LogP contribution in [-0.4, -0.2) is 29.2 Å². The average Bonchev–Trinajstić information content (AvgIpc) is 2.62. The number of rotatable bonds is 5. The predicted molar refractivity (Wildman–Crippen MR) is 93.2 cm³/mol. The fraction of sp³-hybridized carbons (Fsp3) is 0.167. The molecular weight excluding hydrogens is 344 g/mol. The van der Waals surface area contributed by atoms with Crippen molar-refractivity contribution in [1.29, 1.82) is 0 Å². The molecule has 3 rings (SSSR count). The van der Waals surface area contributed by atoms with E-state index in [1.807, 2.05) is 0 Å². The minimum absolute atomic E-state index is 0.353. The Morgan fingerprint density at radius 3 is 2.52 bits per heavy atom. The monoisotopic (exact) mass is 358 g/mol. The highest BCUT2D eigenvalue weighted by atomic mass is 35.5. The first-order chi connectivity index (χ1) is 12.0. The molecule has 1 atom stereocenters. The van der Waals surface area contributed by atoms with E-state index in [1.165, 1.54) is 7.11 Å². The van der Waals surface area contributed by atoms with Gasteiger partial charge in [0.1, 0.15) is 11.5 Å². The molecule has 25 heavy (non-hydrogen) atoms. The third kappa shape index (κ3) is 4.16. The molecule has 0 N–H and O–H groups in total. The van der Waals surface area contributed by atoms with Gasteiger partial charge in [0.05, 0.1) is 24.3 Å². The van der Waals surface area contributed by atoms with Gasteiger partial charge in [0.25, 0.3) is 0 Å². The van der Waals surface area contributed by atoms with Crippen molar-refractivity contribution in [3.8, 4) is 17.4 Å². The minimum atomic E-state index is -0.687. The average molecular weight is 359 g/mol. The van der Waals surface area contributed by atoms with E-state index >= 15 is 0 Å². The Labute approximate surface area is 149 Å². The van der Waals surface area contributed by atoms with Crippen molar-refractivity contribution in [3.05, 3.63) is 53.7 Å². The molecule has 0 aliphatic heterocycles. The van der Waals surface area contributed by atoms with Crippen LogP contribution in [0.25, 0.3) is 11.0 Å². The number of ether oxygens (including phenoxy) is 3. The van der Waals surface area contributed by atoms with Crippen LogP contribution in [0.4, 0.5) is 0 Å². The quantitative estimate of drug-likeness (QED) is 0.642. The van der Waals surface area contributed by atoms with E-state index < -0.39 is 12.1 Å². The van der Waals surface area contributed by atoms with E-state index in [-0.39, 0.29) is 0 Å². The predicted octanol–water partition coefficient (Wildman–Crippen LogP) is 4.02. The zero-order valence-electron chi connectivity index (χ0n) is 13.6. The summed E-state index contributed by atoms with van der Waals surface area (Å²) < 4.78 is 15.8. The van der Waals surface area contributed by atoms with E-state index in [4.69, 9.17) is 21.1 Å². The van der Waals surface area contributed by atoms with Gasteiger partial charge in [0, 0.05) is 5.02 Å². The number of carbonyl (C=O) groups excluding carboxylic acids is 1. The molecule has 0 saturated heterocycles. The Hall–Kier alpha value is -2.86. The Morgan fingerprint density at radius 1 is 1.08 bits per heavy atom. The minimum Gasteiger partial charge on any atom is -0.479 e. The smallest absolute Gasteiger partial charge is 0.346 e. The molecule has 2 aromatic carbocycles. The SMILES string of the molecule is COC(=O)[C@@H](C)Oc1ccc(Oc2cnc3ccc(Cl)cc3n2)cc1. The van der Waals surface area contributed by atoms with E-state index in [1.54, 1.807) is 55.6 Å². The van der Waals surface area contributed by atoms with Gasteiger partial charge in [-0.3, -0.25) is 0 Å². The van der Waals surface area contributed by atoms with Crippen molar-refractivity contribution in [3.63, 3.8) is 0 Å². The summed E-state index contributed by atoms with van der Waals surface area (Å²) >= 11 is 5.97. The maximum absolute atomic E-state index is 11.4. The Kier molecular flexibility index (Phi) is 5.00. The molecule has 3 aromatic rings. The van der Waals surface area contributed by atoms with Gasteiger partial charge in [-0.15, -0.1) is 0 Å². The molecule has 0 spiro atoms. The van der Waals surface area contributed by atoms with Crippen LogP contribution >= 0.6 is 11.6 Å². The van der Waals surface area contributed by atoms with Gasteiger partial charge >= 0.3 is 5.97 Å². The summed E-state index contributed by atoms with van der Waals surface area (Å²) in [6.45, 7) is 1.62. The van der Waals surface area contributed by atoms with Crippen LogP contribution in [0.1, 0.15) is 6.92 Å². The normalized spacial score (nSPS) is 11.8. The maximum atomic E-state index is 11.4. The number of hydrogen-bond donors (Lipinski definition) is 0. The molecule has 0 fully saturated rings. The lowest BCUT2D eigenvalue weighted by atomic mass is 10.3. The first kappa shape index (κ1) is 17.0. The molecule has 0 amide bonds. The lowest BCUT2D eigenvalue weighted by Crippen LogP contribution is -2.24. The highest BCUT2D eigenvalue weighted by molar-refractivity contribution is 6.31. The van der Waals surface area contributed by atoms with E-state index in [2.05, 4.69) is 14.7 Å². The summed E-state index contributed by atoms with van der Waals surface area (Å²) in [5, 5.41) is 0.583. The number of halogens is 1. The molecule has 0 aliphatic rings. The van der Waals surface area contributed by atoms with Gasteiger partial charge in [-0.2, -0.15) is 0 Å². The first-order valence-corrected chi connectivity index (χ1v) is 7.87. The highest BCUT2D eigenvalue weighted by Crippen LogP contribution is 2.25. The molecule has 7 heteroatoms. The number of aromatic nitrogens is 2. The molecule has 128 valence electrons. The standard InChI is InChI=1S/C18H15ClN2O4/c1-11(18(22)23-2)24-13-4-6-14(7-5-13)25-17-10-20-15-8-3-12(19)9-16(15)21-17/h3-11H,1-2H3/t11-/m1/s1. The van der Waals surface area contributed by atoms with Gasteiger partial charge in [0.15, 0.2) is 6.10 Å². The molecule has 0 radical (unpaired) electrons. The molecule has 0 aliphatic carbocycles. The van der Waals surface area contributed by atoms with Crippen LogP contribution in [0.5, 0.6) is 17.4 Å². The fourth-order valence-electron chi connectivity index (χ4n) is 2.14. The molecule has 1 aromatic heterocycles. The zero-order chi connectivity index (χ0) is 17.8. The van der Waals surface area contributed by atoms with Gasteiger partial charge in [-0.1, -0.05) is 11.6 Å². The molecule has 6 nitrogen and oxygen atoms in total. The van der Waals surface area contributed by atoms with Crippen LogP contribution in [0.15, 0.2) is 48.7 Å². The van der Waals surface area contributed by atoms with Crippen LogP contribution in [-0.2, 0) is 9.53 Å². The lowest BCUT2D eigenvalue weighted by Gasteiger charge is -2.12. The Balaban J connectivity index is 1.72. The van der Waals surface area contributed by atoms with Gasteiger partial charge < -0.3 is 14.2 Å². The van der Waals surface area contributed by atoms with E-state index in [0.29, 0.717) is 27.9 Å². The Morgan fingerprint density at radius 2 is 1.80 bits per heavy atom. The van der Waals surface area contributed by atoms with E-state index in [0.717, 1.165) is 5.52 Å². The van der Waals surface area contributed by atoms with Crippen molar-refractivity contribution in [1.82, 2.24) is 9.97 Å². The molecule has 0 saturated carbocycles. The molecule has 0 bridgehead atoms. The number of nitrogens with zero attached hydrogens (tertiary/aromatic N) is 2. The van der Waals surface area contributed by atoms with Crippen molar-refractivity contribution in [2.24, 2.45) is 0 Å². The summed E-state index contributed by atoms with van der Waals surface area (Å²) in [6.07, 6.45) is 0.854. The summed E-state index contributed by atoms with van der Waals surface area (Å²) in [6, 6.07) is 12.1. The van der Waals surface area contributed by atoms with Gasteiger partial charge in [0.2, 0.25) is 5.88 Å². The summed E-state index contributed by atoms with van der Waals surface area (Å²) in [7, 11) is 1.32. The van der Waals surface area contributed by atoms with Crippen molar-refractivity contribution in [2.45, 2.75) is 13.0 Å². The van der Waals surface area contributed by atoms with Crippen LogP contribution in [0.3, 0.4) is 0 Å². The number of carbonyl (C=O) groups is 1. The molecular formula is C18H15ClN2O4. The van der Waals surface area contributed by atoms with Gasteiger partial charge in [-0.05, 0) is 49.4 Å². The van der Waals surface area contributed by atoms with Crippen molar-refractivity contribution >= 4 is 28.6 Å². The first-order valence-electron chi connectivity index (χ1n) is 7.50. The summed E-state index contributed by atoms with van der Waals surface area (Å²) in [5.41, 5.74) is 1.38. The van der Waals surface area contributed by atoms with Crippen molar-refractivity contribution in [2.75, 3.05) is 7.11 Å². The van der Waals surface area contributed by atoms with Crippen LogP contribution in [0, 0.1) is 0 Å². The summed E-state index contributed by atoms with van der Waals surface area (Å²) in [5.74, 6) is 1.01.